The molecule has 0 aliphatic carbocycles. The molecule has 1 atom stereocenters. The van der Waals surface area contributed by atoms with Crippen molar-refractivity contribution in [3.8, 4) is 5.75 Å². The van der Waals surface area contributed by atoms with E-state index in [9.17, 15) is 14.4 Å². The molecule has 0 spiro atoms. The topological polar surface area (TPSA) is 138 Å². The molecule has 3 rings (SSSR count). The maximum Gasteiger partial charge on any atom is 0.316 e. The van der Waals surface area contributed by atoms with E-state index in [0.29, 0.717) is 22.8 Å². The monoisotopic (exact) mass is 396 g/mol. The van der Waals surface area contributed by atoms with Crippen molar-refractivity contribution < 1.29 is 19.1 Å². The number of methoxy groups -OCH3 is 1. The second-order valence-electron chi connectivity index (χ2n) is 6.13. The predicted octanol–water partition coefficient (Wildman–Crippen LogP) is 1.46. The number of carbonyl (C=O) groups excluding carboxylic acids is 3. The van der Waals surface area contributed by atoms with Crippen LogP contribution < -0.4 is 31.5 Å². The molecule has 2 aromatic rings. The summed E-state index contributed by atoms with van der Waals surface area (Å²) in [5, 5.41) is 6.39. The maximum absolute atomic E-state index is 12.7. The number of nitrogens with two attached hydrogens (primary N) is 1. The molecule has 1 aliphatic heterocycles. The van der Waals surface area contributed by atoms with Crippen molar-refractivity contribution in [2.75, 3.05) is 22.8 Å². The minimum Gasteiger partial charge on any atom is -0.494 e. The number of rotatable bonds is 5. The fourth-order valence-corrected chi connectivity index (χ4v) is 2.70. The zero-order valence-corrected chi connectivity index (χ0v) is 15.8. The van der Waals surface area contributed by atoms with E-state index in [-0.39, 0.29) is 11.7 Å². The van der Waals surface area contributed by atoms with Gasteiger partial charge in [0.1, 0.15) is 11.8 Å². The van der Waals surface area contributed by atoms with Gasteiger partial charge < -0.3 is 21.1 Å². The van der Waals surface area contributed by atoms with Gasteiger partial charge in [-0.2, -0.15) is 0 Å². The lowest BCUT2D eigenvalue weighted by molar-refractivity contribution is -0.120. The van der Waals surface area contributed by atoms with Gasteiger partial charge in [0.05, 0.1) is 18.5 Å². The molecule has 0 saturated carbocycles. The SMILES string of the molecule is COc1cc(NC(=O)C2=NC(C)C(=O)N(c3ccccc3)N2)ccc1NC(N)=O. The summed E-state index contributed by atoms with van der Waals surface area (Å²) in [4.78, 5) is 40.3. The lowest BCUT2D eigenvalue weighted by atomic mass is 10.2. The van der Waals surface area contributed by atoms with Gasteiger partial charge in [-0.1, -0.05) is 18.2 Å². The van der Waals surface area contributed by atoms with Crippen molar-refractivity contribution in [1.29, 1.82) is 0 Å². The molecule has 0 bridgehead atoms. The first-order valence-electron chi connectivity index (χ1n) is 8.68. The molecule has 1 heterocycles. The van der Waals surface area contributed by atoms with E-state index >= 15 is 0 Å². The van der Waals surface area contributed by atoms with Crippen LogP contribution in [0.5, 0.6) is 5.75 Å². The third-order valence-corrected chi connectivity index (χ3v) is 4.06. The summed E-state index contributed by atoms with van der Waals surface area (Å²) in [6.07, 6.45) is 0. The molecule has 29 heavy (non-hydrogen) atoms. The molecular weight excluding hydrogens is 376 g/mol. The molecule has 0 saturated heterocycles. The molecule has 0 aromatic heterocycles. The van der Waals surface area contributed by atoms with E-state index in [1.807, 2.05) is 6.07 Å². The van der Waals surface area contributed by atoms with Gasteiger partial charge >= 0.3 is 6.03 Å². The van der Waals surface area contributed by atoms with Gasteiger partial charge in [0.25, 0.3) is 11.8 Å². The van der Waals surface area contributed by atoms with Gasteiger partial charge in [-0.3, -0.25) is 15.0 Å². The van der Waals surface area contributed by atoms with Crippen LogP contribution in [0.15, 0.2) is 53.5 Å². The number of nitrogens with one attached hydrogen (secondary N) is 3. The third kappa shape index (κ3) is 4.43. The Kier molecular flexibility index (Phi) is 5.63. The lowest BCUT2D eigenvalue weighted by Crippen LogP contribution is -2.57. The van der Waals surface area contributed by atoms with E-state index in [1.165, 1.54) is 24.3 Å². The number of ether oxygens (including phenoxy) is 1. The molecular formula is C19H20N6O4. The Balaban J connectivity index is 1.79. The first kappa shape index (κ1) is 19.7. The summed E-state index contributed by atoms with van der Waals surface area (Å²) in [5.41, 5.74) is 9.23. The minimum atomic E-state index is -0.736. The van der Waals surface area contributed by atoms with Gasteiger partial charge in [0.15, 0.2) is 0 Å². The molecule has 1 unspecified atom stereocenters. The van der Waals surface area contributed by atoms with Crippen molar-refractivity contribution in [3.05, 3.63) is 48.5 Å². The quantitative estimate of drug-likeness (QED) is 0.606. The second kappa shape index (κ2) is 8.30. The highest BCUT2D eigenvalue weighted by Gasteiger charge is 2.30. The smallest absolute Gasteiger partial charge is 0.316 e. The Bertz CT molecular complexity index is 976. The highest BCUT2D eigenvalue weighted by molar-refractivity contribution is 6.43. The van der Waals surface area contributed by atoms with Crippen LogP contribution in [0, 0.1) is 0 Å². The molecule has 4 amide bonds. The van der Waals surface area contributed by atoms with Crippen LogP contribution in [-0.2, 0) is 9.59 Å². The van der Waals surface area contributed by atoms with Gasteiger partial charge in [-0.25, -0.2) is 14.8 Å². The average molecular weight is 396 g/mol. The molecule has 10 nitrogen and oxygen atoms in total. The Labute approximate surface area is 166 Å². The predicted molar refractivity (Wildman–Crippen MR) is 109 cm³/mol. The van der Waals surface area contributed by atoms with Gasteiger partial charge in [-0.15, -0.1) is 0 Å². The molecule has 0 radical (unpaired) electrons. The van der Waals surface area contributed by atoms with Crippen LogP contribution in [-0.4, -0.2) is 36.8 Å². The lowest BCUT2D eigenvalue weighted by Gasteiger charge is -2.30. The van der Waals surface area contributed by atoms with Gasteiger partial charge in [-0.05, 0) is 31.2 Å². The molecule has 2 aromatic carbocycles. The average Bonchev–Trinajstić information content (AvgIpc) is 2.71. The zero-order valence-electron chi connectivity index (χ0n) is 15.8. The number of para-hydroxylation sites is 1. The van der Waals surface area contributed by atoms with E-state index < -0.39 is 18.0 Å². The van der Waals surface area contributed by atoms with Crippen LogP contribution in [0.4, 0.5) is 21.9 Å². The molecule has 1 aliphatic rings. The number of amides is 4. The fraction of sp³-hybridized carbons (Fsp3) is 0.158. The highest BCUT2D eigenvalue weighted by Crippen LogP contribution is 2.28. The highest BCUT2D eigenvalue weighted by atomic mass is 16.5. The number of anilines is 3. The fourth-order valence-electron chi connectivity index (χ4n) is 2.70. The first-order chi connectivity index (χ1) is 13.9. The number of amidine groups is 1. The van der Waals surface area contributed by atoms with Crippen molar-refractivity contribution in [2.45, 2.75) is 13.0 Å². The Morgan fingerprint density at radius 3 is 2.55 bits per heavy atom. The Morgan fingerprint density at radius 1 is 1.17 bits per heavy atom. The van der Waals surface area contributed by atoms with Crippen molar-refractivity contribution in [1.82, 2.24) is 5.43 Å². The van der Waals surface area contributed by atoms with E-state index in [0.717, 1.165) is 0 Å². The summed E-state index contributed by atoms with van der Waals surface area (Å²) < 4.78 is 5.20. The summed E-state index contributed by atoms with van der Waals surface area (Å²) >= 11 is 0. The van der Waals surface area contributed by atoms with Crippen molar-refractivity contribution >= 4 is 40.7 Å². The number of hydrazine groups is 1. The Hall–Kier alpha value is -4.08. The van der Waals surface area contributed by atoms with Crippen molar-refractivity contribution in [3.63, 3.8) is 0 Å². The van der Waals surface area contributed by atoms with Crippen LogP contribution in [0.3, 0.4) is 0 Å². The number of hydrogen-bond donors (Lipinski definition) is 4. The number of aliphatic imine (C=N–C) groups is 1. The summed E-state index contributed by atoms with van der Waals surface area (Å²) in [6.45, 7) is 1.61. The third-order valence-electron chi connectivity index (χ3n) is 4.06. The summed E-state index contributed by atoms with van der Waals surface area (Å²) in [5.74, 6) is -0.520. The standard InChI is InChI=1S/C19H20N6O4/c1-11-18(27)25(13-6-4-3-5-7-13)24-16(21-11)17(26)22-12-8-9-14(23-19(20)28)15(10-12)29-2/h3-11H,1-2H3,(H,21,24)(H,22,26)(H3,20,23,28). The summed E-state index contributed by atoms with van der Waals surface area (Å²) in [6, 6.07) is 12.1. The van der Waals surface area contributed by atoms with Crippen LogP contribution >= 0.6 is 0 Å². The van der Waals surface area contributed by atoms with Crippen LogP contribution in [0.1, 0.15) is 6.92 Å². The van der Waals surface area contributed by atoms with E-state index in [1.54, 1.807) is 37.3 Å². The van der Waals surface area contributed by atoms with Crippen LogP contribution in [0.25, 0.3) is 0 Å². The largest absolute Gasteiger partial charge is 0.494 e. The first-order valence-corrected chi connectivity index (χ1v) is 8.68. The number of hydrogen-bond acceptors (Lipinski definition) is 6. The number of carbonyl (C=O) groups is 3. The van der Waals surface area contributed by atoms with Gasteiger partial charge in [0.2, 0.25) is 5.84 Å². The normalized spacial score (nSPS) is 15.8. The molecule has 10 heteroatoms. The molecule has 0 fully saturated rings. The number of primary amides is 1. The maximum atomic E-state index is 12.7. The number of nitrogens with zero attached hydrogens (tertiary/aromatic N) is 2. The van der Waals surface area contributed by atoms with E-state index in [2.05, 4.69) is 21.1 Å². The number of urea groups is 1. The van der Waals surface area contributed by atoms with E-state index in [4.69, 9.17) is 10.5 Å². The zero-order chi connectivity index (χ0) is 21.0. The van der Waals surface area contributed by atoms with Crippen LogP contribution in [0.2, 0.25) is 0 Å². The van der Waals surface area contributed by atoms with Gasteiger partial charge in [0, 0.05) is 11.8 Å². The minimum absolute atomic E-state index is 0.0146. The molecule has 5 N–H and O–H groups in total. The number of benzene rings is 2. The molecule has 150 valence electrons. The summed E-state index contributed by atoms with van der Waals surface area (Å²) in [7, 11) is 1.42. The Morgan fingerprint density at radius 2 is 1.90 bits per heavy atom. The van der Waals surface area contributed by atoms with Crippen molar-refractivity contribution in [2.24, 2.45) is 10.7 Å². The second-order valence-corrected chi connectivity index (χ2v) is 6.13.